The van der Waals surface area contributed by atoms with Crippen LogP contribution in [0, 0.1) is 35.5 Å². The third-order valence-electron chi connectivity index (χ3n) is 6.99. The van der Waals surface area contributed by atoms with Crippen LogP contribution >= 0.6 is 0 Å². The molecule has 0 spiro atoms. The SMILES string of the molecule is O=C1[C@@H]2[C@@H]3CC[C@@H]([C@@H]4C[C@@H]43)[C@@H]2C(=O)N1c1ccc2ncccc2c1. The Bertz CT molecular complexity index is 873. The van der Waals surface area contributed by atoms with E-state index in [1.165, 1.54) is 11.3 Å². The molecule has 0 N–H and O–H groups in total. The van der Waals surface area contributed by atoms with Gasteiger partial charge in [-0.15, -0.1) is 0 Å². The van der Waals surface area contributed by atoms with E-state index < -0.39 is 0 Å². The number of nitrogens with zero attached hydrogens (tertiary/aromatic N) is 2. The lowest BCUT2D eigenvalue weighted by Gasteiger charge is -2.42. The van der Waals surface area contributed by atoms with Crippen molar-refractivity contribution in [2.24, 2.45) is 35.5 Å². The van der Waals surface area contributed by atoms with Crippen molar-refractivity contribution in [3.05, 3.63) is 36.5 Å². The number of pyridine rings is 1. The van der Waals surface area contributed by atoms with Gasteiger partial charge in [0, 0.05) is 11.6 Å². The third-order valence-corrected chi connectivity index (χ3v) is 6.99. The average Bonchev–Trinajstić information content (AvgIpc) is 3.39. The predicted octanol–water partition coefficient (Wildman–Crippen LogP) is 3.02. The van der Waals surface area contributed by atoms with Crippen LogP contribution in [0.4, 0.5) is 5.69 Å². The highest BCUT2D eigenvalue weighted by molar-refractivity contribution is 6.22. The van der Waals surface area contributed by atoms with Gasteiger partial charge in [-0.3, -0.25) is 19.5 Å². The first-order chi connectivity index (χ1) is 11.7. The Morgan fingerprint density at radius 2 is 1.62 bits per heavy atom. The van der Waals surface area contributed by atoms with Crippen LogP contribution in [0.15, 0.2) is 36.5 Å². The van der Waals surface area contributed by atoms with Gasteiger partial charge < -0.3 is 0 Å². The van der Waals surface area contributed by atoms with Crippen molar-refractivity contribution in [3.8, 4) is 0 Å². The number of rotatable bonds is 1. The number of aromatic nitrogens is 1. The summed E-state index contributed by atoms with van der Waals surface area (Å²) in [7, 11) is 0. The van der Waals surface area contributed by atoms with E-state index in [0.29, 0.717) is 17.5 Å². The van der Waals surface area contributed by atoms with Gasteiger partial charge in [0.2, 0.25) is 11.8 Å². The van der Waals surface area contributed by atoms with Gasteiger partial charge in [0.15, 0.2) is 0 Å². The van der Waals surface area contributed by atoms with Crippen molar-refractivity contribution in [3.63, 3.8) is 0 Å². The summed E-state index contributed by atoms with van der Waals surface area (Å²) in [5.74, 6) is 2.35. The molecule has 5 aliphatic rings. The first kappa shape index (κ1) is 13.1. The van der Waals surface area contributed by atoms with Crippen LogP contribution in [-0.2, 0) is 9.59 Å². The fraction of sp³-hybridized carbons (Fsp3) is 0.450. The molecule has 2 amide bonds. The number of anilines is 1. The number of amides is 2. The fourth-order valence-electron chi connectivity index (χ4n) is 5.99. The van der Waals surface area contributed by atoms with Crippen LogP contribution in [0.2, 0.25) is 0 Å². The highest BCUT2D eigenvalue weighted by atomic mass is 16.2. The largest absolute Gasteiger partial charge is 0.274 e. The molecule has 4 saturated carbocycles. The first-order valence-corrected chi connectivity index (χ1v) is 8.96. The molecule has 4 nitrogen and oxygen atoms in total. The molecule has 24 heavy (non-hydrogen) atoms. The standard InChI is InChI=1S/C20H18N2O2/c23-19-17-12-4-5-13(15-9-14(12)15)18(17)20(24)22(19)11-3-6-16-10(8-11)2-1-7-21-16/h1-3,6-8,12-15,17-18H,4-5,9H2/t12-,13+,14-,15+,17-,18+. The van der Waals surface area contributed by atoms with Crippen molar-refractivity contribution in [2.75, 3.05) is 4.90 Å². The van der Waals surface area contributed by atoms with E-state index in [1.54, 1.807) is 6.20 Å². The van der Waals surface area contributed by atoms with Gasteiger partial charge in [-0.05, 0) is 67.2 Å². The van der Waals surface area contributed by atoms with E-state index >= 15 is 0 Å². The summed E-state index contributed by atoms with van der Waals surface area (Å²) in [5.41, 5.74) is 1.60. The maximum atomic E-state index is 13.1. The summed E-state index contributed by atoms with van der Waals surface area (Å²) in [6.07, 6.45) is 5.29. The summed E-state index contributed by atoms with van der Waals surface area (Å²) < 4.78 is 0. The van der Waals surface area contributed by atoms with Gasteiger partial charge in [-0.1, -0.05) is 6.07 Å². The molecular weight excluding hydrogens is 300 g/mol. The summed E-state index contributed by atoms with van der Waals surface area (Å²) in [6.45, 7) is 0. The smallest absolute Gasteiger partial charge is 0.237 e. The minimum Gasteiger partial charge on any atom is -0.274 e. The third kappa shape index (κ3) is 1.47. The van der Waals surface area contributed by atoms with E-state index in [9.17, 15) is 9.59 Å². The molecule has 0 radical (unpaired) electrons. The Labute approximate surface area is 139 Å². The molecule has 120 valence electrons. The quantitative estimate of drug-likeness (QED) is 0.760. The van der Waals surface area contributed by atoms with Gasteiger partial charge in [0.1, 0.15) is 0 Å². The molecule has 4 aliphatic carbocycles. The van der Waals surface area contributed by atoms with Crippen molar-refractivity contribution in [1.82, 2.24) is 4.98 Å². The van der Waals surface area contributed by atoms with Gasteiger partial charge in [0.25, 0.3) is 0 Å². The second-order valence-corrected chi connectivity index (χ2v) is 7.91. The Hall–Kier alpha value is -2.23. The van der Waals surface area contributed by atoms with Crippen molar-refractivity contribution in [2.45, 2.75) is 19.3 Å². The Morgan fingerprint density at radius 1 is 0.917 bits per heavy atom. The van der Waals surface area contributed by atoms with Crippen molar-refractivity contribution in [1.29, 1.82) is 0 Å². The molecule has 6 atom stereocenters. The maximum Gasteiger partial charge on any atom is 0.237 e. The first-order valence-electron chi connectivity index (χ1n) is 8.96. The molecule has 1 aliphatic heterocycles. The molecule has 0 unspecified atom stereocenters. The highest BCUT2D eigenvalue weighted by Gasteiger charge is 2.68. The number of hydrogen-bond donors (Lipinski definition) is 0. The normalized spacial score (nSPS) is 39.2. The van der Waals surface area contributed by atoms with Crippen molar-refractivity contribution >= 4 is 28.4 Å². The number of benzene rings is 1. The molecule has 4 heteroatoms. The molecular formula is C20H18N2O2. The second-order valence-electron chi connectivity index (χ2n) is 7.91. The van der Waals surface area contributed by atoms with E-state index in [1.807, 2.05) is 30.3 Å². The van der Waals surface area contributed by atoms with E-state index in [-0.39, 0.29) is 23.7 Å². The summed E-state index contributed by atoms with van der Waals surface area (Å²) in [5, 5.41) is 0.969. The molecule has 2 heterocycles. The van der Waals surface area contributed by atoms with E-state index in [0.717, 1.165) is 35.6 Å². The van der Waals surface area contributed by atoms with E-state index in [4.69, 9.17) is 0 Å². The van der Waals surface area contributed by atoms with Crippen LogP contribution in [0.3, 0.4) is 0 Å². The predicted molar refractivity (Wildman–Crippen MR) is 89.0 cm³/mol. The fourth-order valence-corrected chi connectivity index (χ4v) is 5.99. The van der Waals surface area contributed by atoms with Crippen LogP contribution in [0.5, 0.6) is 0 Å². The lowest BCUT2D eigenvalue weighted by molar-refractivity contribution is -0.129. The zero-order chi connectivity index (χ0) is 16.0. The Balaban J connectivity index is 1.45. The highest BCUT2D eigenvalue weighted by Crippen LogP contribution is 2.68. The lowest BCUT2D eigenvalue weighted by Crippen LogP contribution is -2.43. The van der Waals surface area contributed by atoms with Crippen LogP contribution < -0.4 is 4.90 Å². The molecule has 2 aromatic rings. The zero-order valence-electron chi connectivity index (χ0n) is 13.3. The molecule has 1 aromatic carbocycles. The van der Waals surface area contributed by atoms with Gasteiger partial charge in [-0.2, -0.15) is 0 Å². The van der Waals surface area contributed by atoms with Crippen LogP contribution in [-0.4, -0.2) is 16.8 Å². The number of carbonyl (C=O) groups excluding carboxylic acids is 2. The molecule has 1 aromatic heterocycles. The lowest BCUT2D eigenvalue weighted by atomic mass is 9.59. The zero-order valence-corrected chi connectivity index (χ0v) is 13.3. The topological polar surface area (TPSA) is 50.3 Å². The second kappa shape index (κ2) is 4.24. The number of imide groups is 1. The van der Waals surface area contributed by atoms with Gasteiger partial charge in [-0.25, -0.2) is 0 Å². The van der Waals surface area contributed by atoms with Gasteiger partial charge >= 0.3 is 0 Å². The minimum atomic E-state index is -0.0513. The monoisotopic (exact) mass is 318 g/mol. The molecule has 1 saturated heterocycles. The molecule has 2 bridgehead atoms. The summed E-state index contributed by atoms with van der Waals surface area (Å²) in [4.78, 5) is 32.1. The Morgan fingerprint density at radius 3 is 2.33 bits per heavy atom. The van der Waals surface area contributed by atoms with Crippen LogP contribution in [0.1, 0.15) is 19.3 Å². The van der Waals surface area contributed by atoms with Crippen molar-refractivity contribution < 1.29 is 9.59 Å². The van der Waals surface area contributed by atoms with Crippen LogP contribution in [0.25, 0.3) is 10.9 Å². The Kier molecular flexibility index (Phi) is 2.31. The molecule has 5 fully saturated rings. The summed E-state index contributed by atoms with van der Waals surface area (Å²) >= 11 is 0. The van der Waals surface area contributed by atoms with E-state index in [2.05, 4.69) is 4.98 Å². The average molecular weight is 318 g/mol. The summed E-state index contributed by atoms with van der Waals surface area (Å²) in [6, 6.07) is 9.55. The minimum absolute atomic E-state index is 0.0493. The number of fused-ring (bicyclic) bond motifs is 2. The molecule has 7 rings (SSSR count). The maximum absolute atomic E-state index is 13.1. The number of carbonyl (C=O) groups is 2. The number of hydrogen-bond acceptors (Lipinski definition) is 3. The van der Waals surface area contributed by atoms with Gasteiger partial charge in [0.05, 0.1) is 23.0 Å².